The van der Waals surface area contributed by atoms with Crippen molar-refractivity contribution in [2.75, 3.05) is 6.61 Å². The molecule has 11 N–H and O–H groups in total. The van der Waals surface area contributed by atoms with E-state index in [1.54, 1.807) is 0 Å². The van der Waals surface area contributed by atoms with E-state index in [-0.39, 0.29) is 6.29 Å². The van der Waals surface area contributed by atoms with E-state index in [1.807, 2.05) is 0 Å². The van der Waals surface area contributed by atoms with E-state index >= 15 is 0 Å². The molecule has 0 saturated heterocycles. The minimum atomic E-state index is -2.36. The third kappa shape index (κ3) is 4.43. The molecule has 2 aromatic heterocycles. The summed E-state index contributed by atoms with van der Waals surface area (Å²) in [5.41, 5.74) is -7.58. The van der Waals surface area contributed by atoms with Gasteiger partial charge < -0.3 is 74.5 Å². The van der Waals surface area contributed by atoms with Gasteiger partial charge in [0.1, 0.15) is 18.3 Å². The summed E-state index contributed by atoms with van der Waals surface area (Å²) < 4.78 is 15.1. The Morgan fingerprint density at radius 1 is 0.756 bits per heavy atom. The zero-order valence-electron chi connectivity index (χ0n) is 22.0. The van der Waals surface area contributed by atoms with Gasteiger partial charge in [0, 0.05) is 21.9 Å². The van der Waals surface area contributed by atoms with E-state index in [0.29, 0.717) is 6.07 Å². The maximum atomic E-state index is 13.4. The quantitative estimate of drug-likeness (QED) is 0.0318. The highest BCUT2D eigenvalue weighted by Crippen LogP contribution is 2.54. The van der Waals surface area contributed by atoms with E-state index < -0.39 is 138 Å². The van der Waals surface area contributed by atoms with Crippen LogP contribution in [-0.2, 0) is 9.53 Å². The summed E-state index contributed by atoms with van der Waals surface area (Å²) in [6.45, 7) is -1.20. The van der Waals surface area contributed by atoms with Crippen LogP contribution in [0.3, 0.4) is 0 Å². The number of aromatic hydroxyl groups is 7. The molecule has 18 nitrogen and oxygen atoms in total. The monoisotopic (exact) mass is 632 g/mol. The van der Waals surface area contributed by atoms with Gasteiger partial charge in [-0.2, -0.15) is 0 Å². The molecule has 3 aromatic carbocycles. The molecule has 4 atom stereocenters. The van der Waals surface area contributed by atoms with Crippen LogP contribution in [0.2, 0.25) is 0 Å². The normalized spacial score (nSPS) is 14.5. The Balaban J connectivity index is 1.90. The number of ether oxygens (including phenoxy) is 1. The second kappa shape index (κ2) is 10.7. The number of phenols is 7. The summed E-state index contributed by atoms with van der Waals surface area (Å²) in [6.07, 6.45) is -9.24. The van der Waals surface area contributed by atoms with Gasteiger partial charge in [0.25, 0.3) is 0 Å². The number of aliphatic hydroxyl groups is 4. The number of hydrogen-bond donors (Lipinski definition) is 11. The lowest BCUT2D eigenvalue weighted by molar-refractivity contribution is -0.138. The molecule has 2 heterocycles. The summed E-state index contributed by atoms with van der Waals surface area (Å²) >= 11 is 0. The zero-order valence-corrected chi connectivity index (χ0v) is 22.0. The van der Waals surface area contributed by atoms with Gasteiger partial charge in [-0.3, -0.25) is 0 Å². The molecule has 45 heavy (non-hydrogen) atoms. The van der Waals surface area contributed by atoms with Crippen molar-refractivity contribution >= 4 is 45.0 Å². The number of esters is 1. The highest BCUT2D eigenvalue weighted by Gasteiger charge is 2.38. The van der Waals surface area contributed by atoms with E-state index in [2.05, 4.69) is 0 Å². The van der Waals surface area contributed by atoms with Crippen LogP contribution in [0.4, 0.5) is 0 Å². The Morgan fingerprint density at radius 2 is 1.33 bits per heavy atom. The molecule has 4 unspecified atom stereocenters. The van der Waals surface area contributed by atoms with Gasteiger partial charge in [-0.25, -0.2) is 14.4 Å². The smallest absolute Gasteiger partial charge is 0.345 e. The Hall–Kier alpha value is -5.82. The number of carbonyl (C=O) groups excluding carboxylic acids is 2. The van der Waals surface area contributed by atoms with Crippen molar-refractivity contribution in [1.82, 2.24) is 0 Å². The van der Waals surface area contributed by atoms with Gasteiger partial charge in [0.2, 0.25) is 17.2 Å². The highest BCUT2D eigenvalue weighted by molar-refractivity contribution is 6.26. The lowest BCUT2D eigenvalue weighted by atomic mass is 9.90. The SMILES string of the molecule is O=CC(O)C(O)C(OC(=O)c1cc(O)c(O)c(O)c1-c1c(O)c(O)c2oc(=O)c3cc(O)c(O)c4oc(=O)c1c2c43)C(O)CO. The summed E-state index contributed by atoms with van der Waals surface area (Å²) in [7, 11) is 0. The number of rotatable bonds is 8. The third-order valence-corrected chi connectivity index (χ3v) is 7.06. The average molecular weight is 632 g/mol. The molecule has 0 aliphatic rings. The van der Waals surface area contributed by atoms with Crippen molar-refractivity contribution in [3.63, 3.8) is 0 Å². The fraction of sp³-hybridized carbons (Fsp3) is 0.185. The van der Waals surface area contributed by atoms with Gasteiger partial charge in [0.15, 0.2) is 46.6 Å². The van der Waals surface area contributed by atoms with E-state index in [9.17, 15) is 75.3 Å². The number of hydrogen-bond acceptors (Lipinski definition) is 18. The molecular formula is C27H20O18. The van der Waals surface area contributed by atoms with Gasteiger partial charge >= 0.3 is 17.2 Å². The van der Waals surface area contributed by atoms with Crippen molar-refractivity contribution in [1.29, 1.82) is 0 Å². The van der Waals surface area contributed by atoms with Crippen molar-refractivity contribution in [3.05, 3.63) is 38.5 Å². The van der Waals surface area contributed by atoms with Crippen LogP contribution in [-0.4, -0.2) is 99.5 Å². The molecule has 0 fully saturated rings. The van der Waals surface area contributed by atoms with Crippen LogP contribution >= 0.6 is 0 Å². The largest absolute Gasteiger partial charge is 0.504 e. The van der Waals surface area contributed by atoms with Crippen LogP contribution in [0.15, 0.2) is 30.6 Å². The van der Waals surface area contributed by atoms with Crippen LogP contribution in [0.5, 0.6) is 40.2 Å². The number of aliphatic hydroxyl groups excluding tert-OH is 4. The highest BCUT2D eigenvalue weighted by atomic mass is 16.6. The van der Waals surface area contributed by atoms with Gasteiger partial charge in [-0.1, -0.05) is 0 Å². The molecular weight excluding hydrogens is 612 g/mol. The number of phenolic OH excluding ortho intramolecular Hbond substituents is 7. The van der Waals surface area contributed by atoms with Crippen molar-refractivity contribution in [3.8, 4) is 51.4 Å². The summed E-state index contributed by atoms with van der Waals surface area (Å²) in [5, 5.41) is 111. The van der Waals surface area contributed by atoms with Crippen LogP contribution in [0.1, 0.15) is 10.4 Å². The van der Waals surface area contributed by atoms with E-state index in [0.717, 1.165) is 6.07 Å². The minimum absolute atomic E-state index is 0.194. The van der Waals surface area contributed by atoms with Gasteiger partial charge in [0.05, 0.1) is 22.9 Å². The molecule has 0 saturated carbocycles. The minimum Gasteiger partial charge on any atom is -0.504 e. The molecule has 18 heteroatoms. The van der Waals surface area contributed by atoms with Crippen molar-refractivity contribution in [2.45, 2.75) is 24.4 Å². The zero-order chi connectivity index (χ0) is 33.2. The number of carbonyl (C=O) groups is 2. The fourth-order valence-corrected chi connectivity index (χ4v) is 4.92. The molecule has 0 bridgehead atoms. The summed E-state index contributed by atoms with van der Waals surface area (Å²) in [4.78, 5) is 50.4. The maximum Gasteiger partial charge on any atom is 0.345 e. The third-order valence-electron chi connectivity index (χ3n) is 7.06. The topological polar surface area (TPSA) is 326 Å². The molecule has 5 rings (SSSR count). The second-order valence-corrected chi connectivity index (χ2v) is 9.68. The molecule has 0 aliphatic heterocycles. The van der Waals surface area contributed by atoms with Crippen LogP contribution in [0, 0.1) is 0 Å². The van der Waals surface area contributed by atoms with Crippen molar-refractivity contribution < 1.29 is 79.3 Å². The van der Waals surface area contributed by atoms with Gasteiger partial charge in [-0.15, -0.1) is 0 Å². The fourth-order valence-electron chi connectivity index (χ4n) is 4.92. The number of aldehydes is 1. The molecule has 0 spiro atoms. The molecule has 0 amide bonds. The lowest BCUT2D eigenvalue weighted by Gasteiger charge is -2.28. The predicted molar refractivity (Wildman–Crippen MR) is 145 cm³/mol. The van der Waals surface area contributed by atoms with Crippen LogP contribution in [0.25, 0.3) is 43.8 Å². The molecule has 5 aromatic rings. The Bertz CT molecular complexity index is 2140. The number of benzene rings is 3. The summed E-state index contributed by atoms with van der Waals surface area (Å²) in [6, 6.07) is 1.14. The Labute approximate surface area is 245 Å². The first-order valence-electron chi connectivity index (χ1n) is 12.4. The second-order valence-electron chi connectivity index (χ2n) is 9.68. The lowest BCUT2D eigenvalue weighted by Crippen LogP contribution is -2.49. The molecule has 0 aliphatic carbocycles. The first-order chi connectivity index (χ1) is 21.2. The van der Waals surface area contributed by atoms with E-state index in [1.165, 1.54) is 0 Å². The predicted octanol–water partition coefficient (Wildman–Crippen LogP) is -1.10. The average Bonchev–Trinajstić information content (AvgIpc) is 3.01. The molecule has 0 radical (unpaired) electrons. The van der Waals surface area contributed by atoms with Gasteiger partial charge in [-0.05, 0) is 12.1 Å². The Morgan fingerprint density at radius 3 is 1.96 bits per heavy atom. The van der Waals surface area contributed by atoms with Crippen LogP contribution < -0.4 is 11.3 Å². The first kappa shape index (κ1) is 30.6. The maximum absolute atomic E-state index is 13.4. The summed E-state index contributed by atoms with van der Waals surface area (Å²) in [5.74, 6) is -10.4. The molecule has 236 valence electrons. The standard InChI is InChI=1S/C27H20O18/c28-3-9(32)18(36)22(10(33)4-29)43-25(40)5-1-7(30)16(34)19(37)11(5)13-15-14-12-6(26(41)44-24(14)21(39)20(13)38)2-8(31)17(35)23(12)45-27(15)42/h1-3,9-10,18,22,29-39H,4H2. The Kier molecular flexibility index (Phi) is 7.29. The first-order valence-corrected chi connectivity index (χ1v) is 12.4. The van der Waals surface area contributed by atoms with Crippen molar-refractivity contribution in [2.24, 2.45) is 0 Å². The van der Waals surface area contributed by atoms with E-state index in [4.69, 9.17) is 13.6 Å².